The molecule has 24 heavy (non-hydrogen) atoms. The van der Waals surface area contributed by atoms with E-state index in [0.29, 0.717) is 6.42 Å². The molecule has 0 amide bonds. The van der Waals surface area contributed by atoms with Crippen LogP contribution in [0.4, 0.5) is 13.2 Å². The quantitative estimate of drug-likeness (QED) is 0.823. The van der Waals surface area contributed by atoms with E-state index in [1.165, 1.54) is 25.5 Å². The van der Waals surface area contributed by atoms with Crippen LogP contribution in [0.1, 0.15) is 36.4 Å². The molecule has 2 heterocycles. The average Bonchev–Trinajstić information content (AvgIpc) is 2.54. The molecule has 1 aliphatic heterocycles. The van der Waals surface area contributed by atoms with Gasteiger partial charge in [0.25, 0.3) is 0 Å². The van der Waals surface area contributed by atoms with Crippen molar-refractivity contribution >= 4 is 0 Å². The molecule has 0 saturated heterocycles. The molecule has 0 saturated carbocycles. The SMILES string of the molecule is CC(C)(c1ccc2c(n1)CCN(Cc1ccccc1)C2)C(F)(F)F. The molecule has 2 aromatic rings. The van der Waals surface area contributed by atoms with Crippen molar-refractivity contribution in [2.24, 2.45) is 0 Å². The highest BCUT2D eigenvalue weighted by Crippen LogP contribution is 2.40. The van der Waals surface area contributed by atoms with Crippen molar-refractivity contribution in [3.8, 4) is 0 Å². The van der Waals surface area contributed by atoms with E-state index in [1.807, 2.05) is 24.3 Å². The Hall–Kier alpha value is -1.88. The number of fused-ring (bicyclic) bond motifs is 1. The molecular weight excluding hydrogens is 313 g/mol. The van der Waals surface area contributed by atoms with Gasteiger partial charge in [0, 0.05) is 31.7 Å². The molecule has 5 heteroatoms. The summed E-state index contributed by atoms with van der Waals surface area (Å²) in [5, 5.41) is 0. The molecule has 0 radical (unpaired) electrons. The lowest BCUT2D eigenvalue weighted by atomic mass is 9.87. The Kier molecular flexibility index (Phi) is 4.38. The van der Waals surface area contributed by atoms with E-state index in [-0.39, 0.29) is 5.69 Å². The summed E-state index contributed by atoms with van der Waals surface area (Å²) in [6.07, 6.45) is -3.62. The summed E-state index contributed by atoms with van der Waals surface area (Å²) in [6, 6.07) is 13.5. The average molecular weight is 334 g/mol. The first kappa shape index (κ1) is 17.0. The van der Waals surface area contributed by atoms with Crippen molar-refractivity contribution in [2.75, 3.05) is 6.54 Å². The molecule has 1 aliphatic rings. The number of nitrogens with zero attached hydrogens (tertiary/aromatic N) is 2. The van der Waals surface area contributed by atoms with Gasteiger partial charge in [0.1, 0.15) is 5.41 Å². The molecule has 1 aromatic heterocycles. The molecule has 0 aliphatic carbocycles. The molecule has 0 fully saturated rings. The maximum Gasteiger partial charge on any atom is 0.399 e. The summed E-state index contributed by atoms with van der Waals surface area (Å²) in [5.41, 5.74) is 1.24. The number of halogens is 3. The van der Waals surface area contributed by atoms with Gasteiger partial charge in [-0.05, 0) is 31.0 Å². The summed E-state index contributed by atoms with van der Waals surface area (Å²) in [6.45, 7) is 4.75. The summed E-state index contributed by atoms with van der Waals surface area (Å²) in [4.78, 5) is 6.65. The summed E-state index contributed by atoms with van der Waals surface area (Å²) >= 11 is 0. The number of hydrogen-bond acceptors (Lipinski definition) is 2. The molecule has 0 unspecified atom stereocenters. The van der Waals surface area contributed by atoms with Crippen LogP contribution in [0.2, 0.25) is 0 Å². The second kappa shape index (κ2) is 6.20. The molecule has 128 valence electrons. The van der Waals surface area contributed by atoms with E-state index >= 15 is 0 Å². The van der Waals surface area contributed by atoms with Crippen LogP contribution in [0, 0.1) is 0 Å². The summed E-state index contributed by atoms with van der Waals surface area (Å²) < 4.78 is 39.6. The Morgan fingerprint density at radius 1 is 1.04 bits per heavy atom. The predicted molar refractivity (Wildman–Crippen MR) is 87.6 cm³/mol. The fourth-order valence-electron chi connectivity index (χ4n) is 2.94. The van der Waals surface area contributed by atoms with E-state index < -0.39 is 11.6 Å². The van der Waals surface area contributed by atoms with Gasteiger partial charge >= 0.3 is 6.18 Å². The Morgan fingerprint density at radius 2 is 1.75 bits per heavy atom. The number of hydrogen-bond donors (Lipinski definition) is 0. The molecule has 3 rings (SSSR count). The van der Waals surface area contributed by atoms with Crippen LogP contribution in [0.3, 0.4) is 0 Å². The normalized spacial score (nSPS) is 16.0. The molecule has 0 atom stereocenters. The zero-order valence-electron chi connectivity index (χ0n) is 13.9. The third-order valence-electron chi connectivity index (χ3n) is 4.73. The van der Waals surface area contributed by atoms with Gasteiger partial charge < -0.3 is 0 Å². The fourth-order valence-corrected chi connectivity index (χ4v) is 2.94. The van der Waals surface area contributed by atoms with Crippen molar-refractivity contribution in [1.82, 2.24) is 9.88 Å². The Bertz CT molecular complexity index is 708. The van der Waals surface area contributed by atoms with Gasteiger partial charge in [0.2, 0.25) is 0 Å². The highest BCUT2D eigenvalue weighted by Gasteiger charge is 2.49. The van der Waals surface area contributed by atoms with Crippen molar-refractivity contribution in [3.63, 3.8) is 0 Å². The van der Waals surface area contributed by atoms with Crippen LogP contribution >= 0.6 is 0 Å². The lowest BCUT2D eigenvalue weighted by Crippen LogP contribution is -2.38. The first-order valence-corrected chi connectivity index (χ1v) is 8.09. The second-order valence-corrected chi connectivity index (χ2v) is 6.87. The van der Waals surface area contributed by atoms with E-state index in [1.54, 1.807) is 0 Å². The maximum absolute atomic E-state index is 13.2. The Balaban J connectivity index is 1.77. The van der Waals surface area contributed by atoms with Gasteiger partial charge in [0.05, 0.1) is 5.69 Å². The number of alkyl halides is 3. The highest BCUT2D eigenvalue weighted by atomic mass is 19.4. The first-order chi connectivity index (χ1) is 11.3. The standard InChI is InChI=1S/C19H21F3N2/c1-18(2,19(20,21)22)17-9-8-15-13-24(11-10-16(15)23-17)12-14-6-4-3-5-7-14/h3-9H,10-13H2,1-2H3. The molecule has 2 nitrogen and oxygen atoms in total. The highest BCUT2D eigenvalue weighted by molar-refractivity contribution is 5.29. The maximum atomic E-state index is 13.2. The van der Waals surface area contributed by atoms with Crippen LogP contribution in [0.25, 0.3) is 0 Å². The third-order valence-corrected chi connectivity index (χ3v) is 4.73. The number of pyridine rings is 1. The molecule has 0 spiro atoms. The van der Waals surface area contributed by atoms with Crippen LogP contribution in [-0.2, 0) is 24.9 Å². The van der Waals surface area contributed by atoms with Crippen molar-refractivity contribution < 1.29 is 13.2 Å². The lowest BCUT2D eigenvalue weighted by molar-refractivity contribution is -0.181. The smallest absolute Gasteiger partial charge is 0.294 e. The fraction of sp³-hybridized carbons (Fsp3) is 0.421. The minimum absolute atomic E-state index is 0.102. The van der Waals surface area contributed by atoms with Gasteiger partial charge in [-0.3, -0.25) is 9.88 Å². The minimum Gasteiger partial charge on any atom is -0.294 e. The van der Waals surface area contributed by atoms with Crippen molar-refractivity contribution in [2.45, 2.75) is 44.9 Å². The minimum atomic E-state index is -4.30. The molecule has 1 aromatic carbocycles. The molecular formula is C19H21F3N2. The Labute approximate surface area is 140 Å². The monoisotopic (exact) mass is 334 g/mol. The van der Waals surface area contributed by atoms with E-state index in [0.717, 1.165) is 30.9 Å². The van der Waals surface area contributed by atoms with Crippen molar-refractivity contribution in [3.05, 3.63) is 65.0 Å². The predicted octanol–water partition coefficient (Wildman–Crippen LogP) is 4.48. The number of rotatable bonds is 3. The first-order valence-electron chi connectivity index (χ1n) is 8.09. The van der Waals surface area contributed by atoms with Gasteiger partial charge in [-0.1, -0.05) is 36.4 Å². The van der Waals surface area contributed by atoms with Gasteiger partial charge in [-0.2, -0.15) is 13.2 Å². The van der Waals surface area contributed by atoms with Gasteiger partial charge in [0.15, 0.2) is 0 Å². The second-order valence-electron chi connectivity index (χ2n) is 6.87. The largest absolute Gasteiger partial charge is 0.399 e. The summed E-state index contributed by atoms with van der Waals surface area (Å²) in [5.74, 6) is 0. The topological polar surface area (TPSA) is 16.1 Å². The lowest BCUT2D eigenvalue weighted by Gasteiger charge is -2.31. The Morgan fingerprint density at radius 3 is 2.42 bits per heavy atom. The zero-order chi connectivity index (χ0) is 17.4. The molecule has 0 bridgehead atoms. The number of aromatic nitrogens is 1. The van der Waals surface area contributed by atoms with Crippen LogP contribution in [-0.4, -0.2) is 22.6 Å². The third kappa shape index (κ3) is 3.31. The number of benzene rings is 1. The van der Waals surface area contributed by atoms with Crippen molar-refractivity contribution in [1.29, 1.82) is 0 Å². The van der Waals surface area contributed by atoms with E-state index in [2.05, 4.69) is 22.0 Å². The van der Waals surface area contributed by atoms with E-state index in [4.69, 9.17) is 0 Å². The van der Waals surface area contributed by atoms with E-state index in [9.17, 15) is 13.2 Å². The molecule has 0 N–H and O–H groups in total. The van der Waals surface area contributed by atoms with Crippen LogP contribution in [0.5, 0.6) is 0 Å². The van der Waals surface area contributed by atoms with Crippen LogP contribution < -0.4 is 0 Å². The summed E-state index contributed by atoms with van der Waals surface area (Å²) in [7, 11) is 0. The van der Waals surface area contributed by atoms with Gasteiger partial charge in [-0.15, -0.1) is 0 Å². The van der Waals surface area contributed by atoms with Gasteiger partial charge in [-0.25, -0.2) is 0 Å². The van der Waals surface area contributed by atoms with Crippen LogP contribution in [0.15, 0.2) is 42.5 Å². The zero-order valence-corrected chi connectivity index (χ0v) is 13.9.